The summed E-state index contributed by atoms with van der Waals surface area (Å²) in [6.07, 6.45) is 1.46. The van der Waals surface area contributed by atoms with E-state index in [2.05, 4.69) is 10.5 Å². The van der Waals surface area contributed by atoms with Gasteiger partial charge >= 0.3 is 6.03 Å². The third kappa shape index (κ3) is 3.22. The molecule has 1 aliphatic heterocycles. The highest BCUT2D eigenvalue weighted by molar-refractivity contribution is 6.30. The SMILES string of the molecule is CCCC1NC(=O)N(Cc2cc(-c3ccc(Cl)cc3)no2)C1=O. The Labute approximate surface area is 138 Å². The average Bonchev–Trinajstić information content (AvgIpc) is 3.10. The van der Waals surface area contributed by atoms with E-state index in [-0.39, 0.29) is 12.5 Å². The lowest BCUT2D eigenvalue weighted by molar-refractivity contribution is -0.128. The Morgan fingerprint density at radius 3 is 2.74 bits per heavy atom. The van der Waals surface area contributed by atoms with Crippen molar-refractivity contribution in [3.63, 3.8) is 0 Å². The van der Waals surface area contributed by atoms with E-state index < -0.39 is 12.1 Å². The standard InChI is InChI=1S/C16H16ClN3O3/c1-2-3-13-15(21)20(16(22)18-13)9-12-8-14(19-23-12)10-4-6-11(17)7-5-10/h4-8,13H,2-3,9H2,1H3,(H,18,22). The molecule has 1 N–H and O–H groups in total. The fourth-order valence-electron chi connectivity index (χ4n) is 2.51. The van der Waals surface area contributed by atoms with Crippen LogP contribution in [0.2, 0.25) is 5.02 Å². The van der Waals surface area contributed by atoms with Crippen molar-refractivity contribution in [1.82, 2.24) is 15.4 Å². The second-order valence-corrected chi connectivity index (χ2v) is 5.84. The van der Waals surface area contributed by atoms with Crippen molar-refractivity contribution < 1.29 is 14.1 Å². The molecule has 0 aliphatic carbocycles. The summed E-state index contributed by atoms with van der Waals surface area (Å²) < 4.78 is 5.25. The van der Waals surface area contributed by atoms with Crippen molar-refractivity contribution in [2.75, 3.05) is 0 Å². The predicted molar refractivity (Wildman–Crippen MR) is 84.7 cm³/mol. The molecule has 1 atom stereocenters. The molecule has 0 radical (unpaired) electrons. The van der Waals surface area contributed by atoms with Crippen molar-refractivity contribution in [2.24, 2.45) is 0 Å². The predicted octanol–water partition coefficient (Wildman–Crippen LogP) is 3.22. The van der Waals surface area contributed by atoms with E-state index in [1.165, 1.54) is 0 Å². The Balaban J connectivity index is 1.73. The summed E-state index contributed by atoms with van der Waals surface area (Å²) in [6.45, 7) is 2.04. The number of imide groups is 1. The van der Waals surface area contributed by atoms with Gasteiger partial charge < -0.3 is 9.84 Å². The van der Waals surface area contributed by atoms with Gasteiger partial charge in [0.15, 0.2) is 5.76 Å². The molecular weight excluding hydrogens is 318 g/mol. The van der Waals surface area contributed by atoms with E-state index in [9.17, 15) is 9.59 Å². The van der Waals surface area contributed by atoms with Gasteiger partial charge in [-0.15, -0.1) is 0 Å². The first-order valence-corrected chi connectivity index (χ1v) is 7.79. The first-order valence-electron chi connectivity index (χ1n) is 7.42. The van der Waals surface area contributed by atoms with Gasteiger partial charge in [-0.3, -0.25) is 9.69 Å². The number of amides is 3. The monoisotopic (exact) mass is 333 g/mol. The van der Waals surface area contributed by atoms with Gasteiger partial charge in [0.25, 0.3) is 5.91 Å². The second-order valence-electron chi connectivity index (χ2n) is 5.40. The summed E-state index contributed by atoms with van der Waals surface area (Å²) in [7, 11) is 0. The van der Waals surface area contributed by atoms with E-state index in [0.29, 0.717) is 22.9 Å². The number of halogens is 1. The highest BCUT2D eigenvalue weighted by atomic mass is 35.5. The molecule has 3 rings (SSSR count). The fraction of sp³-hybridized carbons (Fsp3) is 0.312. The number of aromatic nitrogens is 1. The zero-order chi connectivity index (χ0) is 16.4. The third-order valence-corrected chi connectivity index (χ3v) is 3.95. The lowest BCUT2D eigenvalue weighted by Gasteiger charge is -2.10. The summed E-state index contributed by atoms with van der Waals surface area (Å²) in [5, 5.41) is 7.29. The van der Waals surface area contributed by atoms with Crippen LogP contribution in [0.5, 0.6) is 0 Å². The summed E-state index contributed by atoms with van der Waals surface area (Å²) in [6, 6.07) is 8.07. The number of rotatable bonds is 5. The van der Waals surface area contributed by atoms with Gasteiger partial charge in [0.05, 0.1) is 6.54 Å². The summed E-state index contributed by atoms with van der Waals surface area (Å²) >= 11 is 5.86. The summed E-state index contributed by atoms with van der Waals surface area (Å²) in [5.41, 5.74) is 1.49. The minimum absolute atomic E-state index is 0.0749. The van der Waals surface area contributed by atoms with Crippen LogP contribution in [0.3, 0.4) is 0 Å². The molecule has 2 aromatic rings. The number of urea groups is 1. The number of carbonyl (C=O) groups is 2. The molecule has 120 valence electrons. The van der Waals surface area contributed by atoms with Gasteiger partial charge in [0.1, 0.15) is 11.7 Å². The zero-order valence-electron chi connectivity index (χ0n) is 12.6. The molecule has 1 aliphatic rings. The Morgan fingerprint density at radius 1 is 1.30 bits per heavy atom. The van der Waals surface area contributed by atoms with Gasteiger partial charge in [-0.2, -0.15) is 0 Å². The van der Waals surface area contributed by atoms with E-state index in [1.807, 2.05) is 19.1 Å². The van der Waals surface area contributed by atoms with Crippen molar-refractivity contribution >= 4 is 23.5 Å². The molecule has 3 amide bonds. The van der Waals surface area contributed by atoms with Crippen LogP contribution in [0, 0.1) is 0 Å². The first kappa shape index (κ1) is 15.6. The van der Waals surface area contributed by atoms with E-state index in [4.69, 9.17) is 16.1 Å². The maximum atomic E-state index is 12.2. The molecule has 2 heterocycles. The number of carbonyl (C=O) groups excluding carboxylic acids is 2. The van der Waals surface area contributed by atoms with Crippen molar-refractivity contribution in [3.05, 3.63) is 41.1 Å². The summed E-state index contributed by atoms with van der Waals surface area (Å²) in [5.74, 6) is 0.233. The quantitative estimate of drug-likeness (QED) is 0.852. The zero-order valence-corrected chi connectivity index (χ0v) is 13.3. The van der Waals surface area contributed by atoms with E-state index in [0.717, 1.165) is 16.9 Å². The van der Waals surface area contributed by atoms with E-state index in [1.54, 1.807) is 18.2 Å². The topological polar surface area (TPSA) is 75.4 Å². The largest absolute Gasteiger partial charge is 0.359 e. The second kappa shape index (κ2) is 6.42. The Hall–Kier alpha value is -2.34. The lowest BCUT2D eigenvalue weighted by Crippen LogP contribution is -2.30. The van der Waals surface area contributed by atoms with Crippen LogP contribution >= 0.6 is 11.6 Å². The molecule has 6 nitrogen and oxygen atoms in total. The third-order valence-electron chi connectivity index (χ3n) is 3.70. The smallest absolute Gasteiger partial charge is 0.325 e. The molecule has 1 aromatic carbocycles. The van der Waals surface area contributed by atoms with Crippen LogP contribution in [-0.2, 0) is 11.3 Å². The van der Waals surface area contributed by atoms with Gasteiger partial charge in [-0.05, 0) is 18.6 Å². The molecular formula is C16H16ClN3O3. The van der Waals surface area contributed by atoms with Gasteiger partial charge in [-0.1, -0.05) is 42.2 Å². The average molecular weight is 334 g/mol. The Bertz CT molecular complexity index is 726. The van der Waals surface area contributed by atoms with Crippen LogP contribution in [0.1, 0.15) is 25.5 Å². The van der Waals surface area contributed by atoms with Crippen molar-refractivity contribution in [2.45, 2.75) is 32.4 Å². The number of hydrogen-bond acceptors (Lipinski definition) is 4. The van der Waals surface area contributed by atoms with E-state index >= 15 is 0 Å². The van der Waals surface area contributed by atoms with Crippen molar-refractivity contribution in [3.8, 4) is 11.3 Å². The van der Waals surface area contributed by atoms with Gasteiger partial charge in [0.2, 0.25) is 0 Å². The molecule has 1 fully saturated rings. The van der Waals surface area contributed by atoms with Gasteiger partial charge in [-0.25, -0.2) is 4.79 Å². The van der Waals surface area contributed by atoms with Gasteiger partial charge in [0, 0.05) is 16.7 Å². The Kier molecular flexibility index (Phi) is 4.34. The molecule has 0 saturated carbocycles. The summed E-state index contributed by atoms with van der Waals surface area (Å²) in [4.78, 5) is 25.3. The fourth-order valence-corrected chi connectivity index (χ4v) is 2.64. The molecule has 1 aromatic heterocycles. The molecule has 1 unspecified atom stereocenters. The lowest BCUT2D eigenvalue weighted by atomic mass is 10.1. The van der Waals surface area contributed by atoms with Crippen molar-refractivity contribution in [1.29, 1.82) is 0 Å². The Morgan fingerprint density at radius 2 is 2.04 bits per heavy atom. The minimum Gasteiger partial charge on any atom is -0.359 e. The molecule has 1 saturated heterocycles. The minimum atomic E-state index is -0.439. The number of nitrogens with one attached hydrogen (secondary N) is 1. The maximum absolute atomic E-state index is 12.2. The highest BCUT2D eigenvalue weighted by Crippen LogP contribution is 2.23. The highest BCUT2D eigenvalue weighted by Gasteiger charge is 2.37. The molecule has 7 heteroatoms. The van der Waals surface area contributed by atoms with Crippen LogP contribution in [0.15, 0.2) is 34.9 Å². The van der Waals surface area contributed by atoms with Crippen LogP contribution in [-0.4, -0.2) is 28.0 Å². The normalized spacial score (nSPS) is 17.7. The van der Waals surface area contributed by atoms with Crippen LogP contribution in [0.4, 0.5) is 4.79 Å². The molecule has 23 heavy (non-hydrogen) atoms. The number of hydrogen-bond donors (Lipinski definition) is 1. The molecule has 0 spiro atoms. The molecule has 0 bridgehead atoms. The number of benzene rings is 1. The van der Waals surface area contributed by atoms with Crippen LogP contribution < -0.4 is 5.32 Å². The maximum Gasteiger partial charge on any atom is 0.325 e. The van der Waals surface area contributed by atoms with Crippen LogP contribution in [0.25, 0.3) is 11.3 Å². The number of nitrogens with zero attached hydrogens (tertiary/aromatic N) is 2. The first-order chi connectivity index (χ1) is 11.1.